The maximum absolute atomic E-state index is 10.5. The van der Waals surface area contributed by atoms with Crippen LogP contribution in [-0.2, 0) is 9.47 Å². The van der Waals surface area contributed by atoms with Crippen molar-refractivity contribution in [3.05, 3.63) is 60.2 Å². The Morgan fingerprint density at radius 3 is 2.47 bits per heavy atom. The lowest BCUT2D eigenvalue weighted by atomic mass is 9.64. The highest BCUT2D eigenvalue weighted by Crippen LogP contribution is 2.50. The van der Waals surface area contributed by atoms with Crippen LogP contribution in [0, 0.1) is 22.7 Å². The number of benzene rings is 1. The van der Waals surface area contributed by atoms with Gasteiger partial charge in [-0.15, -0.1) is 0 Å². The zero-order valence-corrected chi connectivity index (χ0v) is 19.5. The van der Waals surface area contributed by atoms with Crippen molar-refractivity contribution in [2.24, 2.45) is 10.8 Å². The SMILES string of the molecule is CC1(/C=C/C=C/C(O)CCC2(CC#Cc3ccccc3)CCC2)CCCCC12OCCO2. The van der Waals surface area contributed by atoms with Crippen LogP contribution in [0.1, 0.15) is 76.7 Å². The van der Waals surface area contributed by atoms with Gasteiger partial charge >= 0.3 is 0 Å². The van der Waals surface area contributed by atoms with Gasteiger partial charge in [0.15, 0.2) is 5.79 Å². The van der Waals surface area contributed by atoms with Crippen molar-refractivity contribution >= 4 is 0 Å². The van der Waals surface area contributed by atoms with E-state index in [1.807, 2.05) is 30.4 Å². The maximum Gasteiger partial charge on any atom is 0.177 e. The summed E-state index contributed by atoms with van der Waals surface area (Å²) in [4.78, 5) is 0. The Kier molecular flexibility index (Phi) is 7.56. The normalized spacial score (nSPS) is 27.3. The summed E-state index contributed by atoms with van der Waals surface area (Å²) in [6, 6.07) is 10.2. The highest BCUT2D eigenvalue weighted by molar-refractivity contribution is 5.33. The largest absolute Gasteiger partial charge is 0.389 e. The molecule has 1 aromatic carbocycles. The highest BCUT2D eigenvalue weighted by atomic mass is 16.7. The quantitative estimate of drug-likeness (QED) is 0.412. The number of rotatable bonds is 7. The van der Waals surface area contributed by atoms with E-state index in [9.17, 15) is 5.11 Å². The number of aliphatic hydroxyl groups is 1. The van der Waals surface area contributed by atoms with Crippen LogP contribution < -0.4 is 0 Å². The van der Waals surface area contributed by atoms with E-state index in [1.165, 1.54) is 25.7 Å². The fourth-order valence-corrected chi connectivity index (χ4v) is 5.52. The molecule has 1 spiro atoms. The lowest BCUT2D eigenvalue weighted by Crippen LogP contribution is -2.48. The molecule has 1 saturated heterocycles. The first-order chi connectivity index (χ1) is 15.6. The highest BCUT2D eigenvalue weighted by Gasteiger charge is 2.52. The van der Waals surface area contributed by atoms with E-state index in [4.69, 9.17) is 9.47 Å². The van der Waals surface area contributed by atoms with E-state index in [1.54, 1.807) is 0 Å². The van der Waals surface area contributed by atoms with Gasteiger partial charge in [0.1, 0.15) is 0 Å². The van der Waals surface area contributed by atoms with Crippen LogP contribution in [0.15, 0.2) is 54.6 Å². The van der Waals surface area contributed by atoms with Crippen molar-refractivity contribution in [2.75, 3.05) is 13.2 Å². The van der Waals surface area contributed by atoms with E-state index >= 15 is 0 Å². The molecule has 2 aliphatic carbocycles. The first kappa shape index (κ1) is 23.3. The molecule has 2 atom stereocenters. The molecule has 32 heavy (non-hydrogen) atoms. The predicted octanol–water partition coefficient (Wildman–Crippen LogP) is 6.18. The molecule has 0 radical (unpaired) electrons. The second-order valence-electron chi connectivity index (χ2n) is 10.1. The van der Waals surface area contributed by atoms with E-state index in [-0.39, 0.29) is 5.41 Å². The standard InChI is InChI=1S/C29H38O3/c1-27(17-7-8-21-29(27)31-23-24-32-29)16-6-5-14-26(30)15-22-28(19-10-20-28)18-9-13-25-11-3-2-4-12-25/h2-6,11-12,14,16,26,30H,7-8,10,15,17-24H2,1H3/b14-5+,16-6+. The van der Waals surface area contributed by atoms with Gasteiger partial charge in [0, 0.05) is 23.8 Å². The first-order valence-electron chi connectivity index (χ1n) is 12.4. The molecule has 1 heterocycles. The van der Waals surface area contributed by atoms with Crippen LogP contribution in [0.2, 0.25) is 0 Å². The van der Waals surface area contributed by atoms with Crippen LogP contribution in [0.4, 0.5) is 0 Å². The topological polar surface area (TPSA) is 38.7 Å². The van der Waals surface area contributed by atoms with Crippen molar-refractivity contribution < 1.29 is 14.6 Å². The fraction of sp³-hybridized carbons (Fsp3) is 0.586. The Labute approximate surface area is 193 Å². The van der Waals surface area contributed by atoms with Gasteiger partial charge < -0.3 is 14.6 Å². The second-order valence-corrected chi connectivity index (χ2v) is 10.1. The Hall–Kier alpha value is -1.86. The number of ether oxygens (including phenoxy) is 2. The molecule has 2 saturated carbocycles. The summed E-state index contributed by atoms with van der Waals surface area (Å²) in [5.74, 6) is 6.24. The molecule has 1 N–H and O–H groups in total. The maximum atomic E-state index is 10.5. The third-order valence-corrected chi connectivity index (χ3v) is 7.84. The smallest absolute Gasteiger partial charge is 0.177 e. The second kappa shape index (κ2) is 10.4. The lowest BCUT2D eigenvalue weighted by molar-refractivity contribution is -0.235. The molecule has 2 unspecified atom stereocenters. The fourth-order valence-electron chi connectivity index (χ4n) is 5.52. The molecule has 0 aromatic heterocycles. The van der Waals surface area contributed by atoms with Crippen LogP contribution in [0.25, 0.3) is 0 Å². The Bertz CT molecular complexity index is 849. The summed E-state index contributed by atoms with van der Waals surface area (Å²) in [5.41, 5.74) is 1.27. The molecular weight excluding hydrogens is 396 g/mol. The van der Waals surface area contributed by atoms with Gasteiger partial charge in [-0.05, 0) is 56.1 Å². The third kappa shape index (κ3) is 5.37. The zero-order chi connectivity index (χ0) is 22.3. The summed E-state index contributed by atoms with van der Waals surface area (Å²) in [5, 5.41) is 10.5. The van der Waals surface area contributed by atoms with Crippen molar-refractivity contribution in [1.29, 1.82) is 0 Å². The molecule has 3 aliphatic rings. The van der Waals surface area contributed by atoms with E-state index in [0.29, 0.717) is 18.6 Å². The monoisotopic (exact) mass is 434 g/mol. The van der Waals surface area contributed by atoms with Crippen LogP contribution in [0.5, 0.6) is 0 Å². The zero-order valence-electron chi connectivity index (χ0n) is 19.5. The summed E-state index contributed by atoms with van der Waals surface area (Å²) in [6.45, 7) is 3.62. The molecular formula is C29H38O3. The Balaban J connectivity index is 1.27. The third-order valence-electron chi connectivity index (χ3n) is 7.84. The minimum absolute atomic E-state index is 0.107. The Morgan fingerprint density at radius 2 is 1.75 bits per heavy atom. The summed E-state index contributed by atoms with van der Waals surface area (Å²) < 4.78 is 12.1. The van der Waals surface area contributed by atoms with Crippen LogP contribution in [-0.4, -0.2) is 30.2 Å². The van der Waals surface area contributed by atoms with Gasteiger partial charge in [-0.3, -0.25) is 0 Å². The van der Waals surface area contributed by atoms with Gasteiger partial charge in [-0.25, -0.2) is 0 Å². The average Bonchev–Trinajstić information content (AvgIpc) is 3.26. The molecule has 1 aromatic rings. The number of hydrogen-bond acceptors (Lipinski definition) is 3. The molecule has 3 fully saturated rings. The summed E-state index contributed by atoms with van der Waals surface area (Å²) in [6.07, 6.45) is 18.7. The minimum atomic E-state index is -0.453. The molecule has 1 aliphatic heterocycles. The van der Waals surface area contributed by atoms with Crippen molar-refractivity contribution in [1.82, 2.24) is 0 Å². The number of aliphatic hydroxyl groups excluding tert-OH is 1. The molecule has 0 amide bonds. The Morgan fingerprint density at radius 1 is 1.00 bits per heavy atom. The predicted molar refractivity (Wildman–Crippen MR) is 129 cm³/mol. The molecule has 3 heteroatoms. The van der Waals surface area contributed by atoms with Gasteiger partial charge in [0.05, 0.1) is 19.3 Å². The first-order valence-corrected chi connectivity index (χ1v) is 12.4. The van der Waals surface area contributed by atoms with E-state index < -0.39 is 11.9 Å². The minimum Gasteiger partial charge on any atom is -0.389 e. The van der Waals surface area contributed by atoms with Crippen LogP contribution >= 0.6 is 0 Å². The van der Waals surface area contributed by atoms with Crippen molar-refractivity contribution in [3.8, 4) is 11.8 Å². The van der Waals surface area contributed by atoms with E-state index in [2.05, 4.69) is 43.0 Å². The molecule has 0 bridgehead atoms. The summed E-state index contributed by atoms with van der Waals surface area (Å²) in [7, 11) is 0. The molecule has 3 nitrogen and oxygen atoms in total. The van der Waals surface area contributed by atoms with Gasteiger partial charge in [-0.2, -0.15) is 0 Å². The number of allylic oxidation sites excluding steroid dienone is 2. The van der Waals surface area contributed by atoms with E-state index in [0.717, 1.165) is 44.1 Å². The van der Waals surface area contributed by atoms with Crippen molar-refractivity contribution in [3.63, 3.8) is 0 Å². The van der Waals surface area contributed by atoms with Gasteiger partial charge in [-0.1, -0.05) is 74.1 Å². The summed E-state index contributed by atoms with van der Waals surface area (Å²) >= 11 is 0. The van der Waals surface area contributed by atoms with Gasteiger partial charge in [0.2, 0.25) is 0 Å². The number of hydrogen-bond donors (Lipinski definition) is 1. The molecule has 4 rings (SSSR count). The lowest BCUT2D eigenvalue weighted by Gasteiger charge is -2.46. The van der Waals surface area contributed by atoms with Crippen LogP contribution in [0.3, 0.4) is 0 Å². The average molecular weight is 435 g/mol. The van der Waals surface area contributed by atoms with Gasteiger partial charge in [0.25, 0.3) is 0 Å². The van der Waals surface area contributed by atoms with Crippen molar-refractivity contribution in [2.45, 2.75) is 83.0 Å². The molecule has 172 valence electrons.